The number of rotatable bonds is 4. The number of hydrogen-bond acceptors (Lipinski definition) is 3. The van der Waals surface area contributed by atoms with Crippen LogP contribution in [0.2, 0.25) is 0 Å². The maximum absolute atomic E-state index is 11.2. The molecule has 0 aliphatic carbocycles. The molecule has 0 aromatic rings. The van der Waals surface area contributed by atoms with Gasteiger partial charge in [0.2, 0.25) is 5.91 Å². The van der Waals surface area contributed by atoms with Crippen LogP contribution in [0, 0.1) is 0 Å². The Kier molecular flexibility index (Phi) is 4.08. The molecule has 2 unspecified atom stereocenters. The van der Waals surface area contributed by atoms with Crippen LogP contribution in [0.1, 0.15) is 26.7 Å². The van der Waals surface area contributed by atoms with E-state index in [0.29, 0.717) is 0 Å². The summed E-state index contributed by atoms with van der Waals surface area (Å²) in [6.45, 7) is 4.43. The molecule has 0 spiro atoms. The Labute approximate surface area is 89.4 Å². The van der Waals surface area contributed by atoms with E-state index in [0.717, 1.165) is 12.8 Å². The summed E-state index contributed by atoms with van der Waals surface area (Å²) in [5, 5.41) is 11.6. The van der Waals surface area contributed by atoms with E-state index in [1.54, 1.807) is 4.90 Å². The van der Waals surface area contributed by atoms with E-state index in [-0.39, 0.29) is 25.0 Å². The maximum Gasteiger partial charge on any atom is 0.322 e. The lowest BCUT2D eigenvalue weighted by molar-refractivity contribution is -0.147. The molecule has 1 aliphatic heterocycles. The van der Waals surface area contributed by atoms with Gasteiger partial charge in [-0.25, -0.2) is 0 Å². The molecule has 0 bridgehead atoms. The predicted molar refractivity (Wildman–Crippen MR) is 55.5 cm³/mol. The molecule has 0 aromatic heterocycles. The van der Waals surface area contributed by atoms with E-state index in [2.05, 4.69) is 12.2 Å². The Morgan fingerprint density at radius 3 is 2.93 bits per heavy atom. The van der Waals surface area contributed by atoms with Gasteiger partial charge < -0.3 is 10.4 Å². The van der Waals surface area contributed by atoms with Crippen molar-refractivity contribution in [1.82, 2.24) is 10.2 Å². The van der Waals surface area contributed by atoms with Crippen molar-refractivity contribution < 1.29 is 14.7 Å². The van der Waals surface area contributed by atoms with Gasteiger partial charge in [0, 0.05) is 12.6 Å². The second kappa shape index (κ2) is 5.11. The first-order chi connectivity index (χ1) is 7.06. The van der Waals surface area contributed by atoms with Gasteiger partial charge in [0.15, 0.2) is 0 Å². The summed E-state index contributed by atoms with van der Waals surface area (Å²) < 4.78 is 0. The molecular formula is C10H18N2O3. The zero-order valence-corrected chi connectivity index (χ0v) is 9.19. The highest BCUT2D eigenvalue weighted by atomic mass is 16.4. The number of piperazine rings is 1. The Balaban J connectivity index is 2.69. The average molecular weight is 214 g/mol. The predicted octanol–water partition coefficient (Wildman–Crippen LogP) is 0.0600. The Morgan fingerprint density at radius 1 is 1.73 bits per heavy atom. The van der Waals surface area contributed by atoms with Crippen molar-refractivity contribution in [3.05, 3.63) is 0 Å². The van der Waals surface area contributed by atoms with Gasteiger partial charge in [-0.1, -0.05) is 13.3 Å². The van der Waals surface area contributed by atoms with E-state index in [4.69, 9.17) is 5.11 Å². The lowest BCUT2D eigenvalue weighted by Crippen LogP contribution is -2.59. The molecule has 1 amide bonds. The van der Waals surface area contributed by atoms with Crippen LogP contribution in [0.5, 0.6) is 0 Å². The minimum Gasteiger partial charge on any atom is -0.480 e. The molecule has 5 nitrogen and oxygen atoms in total. The van der Waals surface area contributed by atoms with Crippen molar-refractivity contribution in [3.8, 4) is 0 Å². The average Bonchev–Trinajstić information content (AvgIpc) is 2.17. The normalized spacial score (nSPS) is 24.7. The molecule has 0 radical (unpaired) electrons. The highest BCUT2D eigenvalue weighted by molar-refractivity contribution is 5.83. The van der Waals surface area contributed by atoms with Crippen LogP contribution in [0.25, 0.3) is 0 Å². The molecule has 2 atom stereocenters. The Bertz CT molecular complexity index is 255. The van der Waals surface area contributed by atoms with Gasteiger partial charge in [-0.3, -0.25) is 14.5 Å². The van der Waals surface area contributed by atoms with Crippen LogP contribution >= 0.6 is 0 Å². The summed E-state index contributed by atoms with van der Waals surface area (Å²) in [5.41, 5.74) is 0. The fraction of sp³-hybridized carbons (Fsp3) is 0.800. The van der Waals surface area contributed by atoms with Crippen molar-refractivity contribution in [2.75, 3.05) is 13.1 Å². The number of nitrogens with one attached hydrogen (secondary N) is 1. The molecule has 1 aliphatic rings. The van der Waals surface area contributed by atoms with Crippen LogP contribution in [0.15, 0.2) is 0 Å². The van der Waals surface area contributed by atoms with Crippen molar-refractivity contribution in [1.29, 1.82) is 0 Å². The zero-order chi connectivity index (χ0) is 11.4. The summed E-state index contributed by atoms with van der Waals surface area (Å²) in [6, 6.07) is -0.439. The number of hydrogen-bond donors (Lipinski definition) is 2. The van der Waals surface area contributed by atoms with Gasteiger partial charge in [0.05, 0.1) is 6.54 Å². The standard InChI is InChI=1S/C10H18N2O3/c1-3-4-7(2)12-6-9(13)11-5-8(12)10(14)15/h7-8H,3-6H2,1-2H3,(H,11,13)(H,14,15). The minimum atomic E-state index is -0.863. The zero-order valence-electron chi connectivity index (χ0n) is 9.19. The summed E-state index contributed by atoms with van der Waals surface area (Å²) in [4.78, 5) is 24.0. The highest BCUT2D eigenvalue weighted by Gasteiger charge is 2.34. The molecule has 1 fully saturated rings. The first kappa shape index (κ1) is 12.0. The number of carbonyl (C=O) groups excluding carboxylic acids is 1. The smallest absolute Gasteiger partial charge is 0.322 e. The van der Waals surface area contributed by atoms with Crippen LogP contribution in [-0.4, -0.2) is 47.1 Å². The van der Waals surface area contributed by atoms with E-state index >= 15 is 0 Å². The van der Waals surface area contributed by atoms with Gasteiger partial charge in [0.25, 0.3) is 0 Å². The monoisotopic (exact) mass is 214 g/mol. The molecular weight excluding hydrogens is 196 g/mol. The maximum atomic E-state index is 11.2. The summed E-state index contributed by atoms with van der Waals surface area (Å²) >= 11 is 0. The van der Waals surface area contributed by atoms with Crippen molar-refractivity contribution in [2.24, 2.45) is 0 Å². The molecule has 15 heavy (non-hydrogen) atoms. The van der Waals surface area contributed by atoms with Crippen LogP contribution in [-0.2, 0) is 9.59 Å². The third kappa shape index (κ3) is 2.92. The summed E-state index contributed by atoms with van der Waals surface area (Å²) in [7, 11) is 0. The first-order valence-corrected chi connectivity index (χ1v) is 5.31. The van der Waals surface area contributed by atoms with Crippen LogP contribution < -0.4 is 5.32 Å². The van der Waals surface area contributed by atoms with E-state index < -0.39 is 12.0 Å². The number of aliphatic carboxylic acids is 1. The highest BCUT2D eigenvalue weighted by Crippen LogP contribution is 2.13. The molecule has 1 saturated heterocycles. The number of carboxylic acid groups (broad SMARTS) is 1. The van der Waals surface area contributed by atoms with E-state index in [9.17, 15) is 9.59 Å². The molecule has 2 N–H and O–H groups in total. The lowest BCUT2D eigenvalue weighted by Gasteiger charge is -2.37. The number of nitrogens with zero attached hydrogens (tertiary/aromatic N) is 1. The topological polar surface area (TPSA) is 69.6 Å². The van der Waals surface area contributed by atoms with Crippen molar-refractivity contribution >= 4 is 11.9 Å². The fourth-order valence-corrected chi connectivity index (χ4v) is 1.94. The molecule has 5 heteroatoms. The number of carboxylic acids is 1. The summed E-state index contributed by atoms with van der Waals surface area (Å²) in [5.74, 6) is -0.951. The Morgan fingerprint density at radius 2 is 2.40 bits per heavy atom. The second-order valence-electron chi connectivity index (χ2n) is 3.97. The summed E-state index contributed by atoms with van der Waals surface area (Å²) in [6.07, 6.45) is 1.91. The molecule has 1 heterocycles. The quantitative estimate of drug-likeness (QED) is 0.694. The van der Waals surface area contributed by atoms with Gasteiger partial charge >= 0.3 is 5.97 Å². The van der Waals surface area contributed by atoms with Crippen molar-refractivity contribution in [3.63, 3.8) is 0 Å². The van der Waals surface area contributed by atoms with Crippen LogP contribution in [0.3, 0.4) is 0 Å². The molecule has 0 aromatic carbocycles. The SMILES string of the molecule is CCCC(C)N1CC(=O)NCC1C(=O)O. The second-order valence-corrected chi connectivity index (χ2v) is 3.97. The first-order valence-electron chi connectivity index (χ1n) is 5.31. The third-order valence-corrected chi connectivity index (χ3v) is 2.78. The van der Waals surface area contributed by atoms with Gasteiger partial charge in [-0.2, -0.15) is 0 Å². The van der Waals surface area contributed by atoms with Gasteiger partial charge in [0.1, 0.15) is 6.04 Å². The van der Waals surface area contributed by atoms with Gasteiger partial charge in [-0.15, -0.1) is 0 Å². The minimum absolute atomic E-state index is 0.0875. The van der Waals surface area contributed by atoms with Crippen LogP contribution in [0.4, 0.5) is 0 Å². The largest absolute Gasteiger partial charge is 0.480 e. The molecule has 86 valence electrons. The molecule has 0 saturated carbocycles. The lowest BCUT2D eigenvalue weighted by atomic mass is 10.1. The Hall–Kier alpha value is -1.10. The fourth-order valence-electron chi connectivity index (χ4n) is 1.94. The number of carbonyl (C=O) groups is 2. The van der Waals surface area contributed by atoms with E-state index in [1.807, 2.05) is 6.92 Å². The third-order valence-electron chi connectivity index (χ3n) is 2.78. The van der Waals surface area contributed by atoms with Gasteiger partial charge in [-0.05, 0) is 13.3 Å². The van der Waals surface area contributed by atoms with E-state index in [1.165, 1.54) is 0 Å². The molecule has 1 rings (SSSR count). The van der Waals surface area contributed by atoms with Crippen molar-refractivity contribution in [2.45, 2.75) is 38.8 Å². The number of amides is 1.